The average Bonchev–Trinajstić information content (AvgIpc) is 3.11. The minimum atomic E-state index is 0. The van der Waals surface area contributed by atoms with Gasteiger partial charge in [-0.15, -0.1) is 11.6 Å². The van der Waals surface area contributed by atoms with E-state index in [1.54, 1.807) is 0 Å². The second-order valence-electron chi connectivity index (χ2n) is 5.94. The number of aryl methyl sites for hydroxylation is 1. The Hall–Kier alpha value is -0.357. The Morgan fingerprint density at radius 2 is 1.77 bits per heavy atom. The molecule has 4 rings (SSSR count). The van der Waals surface area contributed by atoms with E-state index in [2.05, 4.69) is 24.3 Å². The van der Waals surface area contributed by atoms with Crippen molar-refractivity contribution < 1.29 is 26.2 Å². The molecule has 0 saturated carbocycles. The number of hydrogen-bond acceptors (Lipinski definition) is 0. The van der Waals surface area contributed by atoms with Gasteiger partial charge in [-0.1, -0.05) is 41.4 Å². The second kappa shape index (κ2) is 6.64. The molecule has 110 valence electrons. The molecular formula is C19H16Cl2Zr. The quantitative estimate of drug-likeness (QED) is 0.564. The number of allylic oxidation sites excluding steroid dienone is 1. The maximum Gasteiger partial charge on any atom is 0.0440 e. The summed E-state index contributed by atoms with van der Waals surface area (Å²) in [7, 11) is 0. The molecule has 0 unspecified atom stereocenters. The van der Waals surface area contributed by atoms with Gasteiger partial charge in [0.15, 0.2) is 0 Å². The minimum absolute atomic E-state index is 0. The van der Waals surface area contributed by atoms with Gasteiger partial charge >= 0.3 is 0 Å². The van der Waals surface area contributed by atoms with Gasteiger partial charge < -0.3 is 0 Å². The van der Waals surface area contributed by atoms with Crippen LogP contribution in [0, 0.1) is 0 Å². The Labute approximate surface area is 160 Å². The summed E-state index contributed by atoms with van der Waals surface area (Å²) in [5.41, 5.74) is 9.90. The molecule has 0 nitrogen and oxygen atoms in total. The van der Waals surface area contributed by atoms with Crippen LogP contribution in [0.3, 0.4) is 0 Å². The van der Waals surface area contributed by atoms with Gasteiger partial charge in [-0.05, 0) is 71.2 Å². The van der Waals surface area contributed by atoms with Crippen molar-refractivity contribution >= 4 is 29.3 Å². The van der Waals surface area contributed by atoms with Crippen molar-refractivity contribution in [3.8, 4) is 11.1 Å². The second-order valence-corrected chi connectivity index (χ2v) is 6.64. The molecule has 2 aliphatic rings. The maximum atomic E-state index is 6.06. The van der Waals surface area contributed by atoms with Crippen molar-refractivity contribution in [2.45, 2.75) is 25.7 Å². The van der Waals surface area contributed by atoms with Gasteiger partial charge in [-0.25, -0.2) is 0 Å². The van der Waals surface area contributed by atoms with Crippen molar-refractivity contribution in [1.29, 1.82) is 0 Å². The molecule has 0 amide bonds. The standard InChI is InChI=1S/C19H16Cl2.Zr/c20-11-12-8-15-10-14-2-1-3-17(14)19(18(15)9-12)13-4-6-16(21)7-5-13;/h4-7,9-10H,1-3,8,11H2;. The van der Waals surface area contributed by atoms with Crippen LogP contribution in [-0.2, 0) is 45.5 Å². The Balaban J connectivity index is 0.00000144. The molecule has 2 aliphatic carbocycles. The molecule has 0 bridgehead atoms. The molecule has 0 atom stereocenters. The molecule has 2 aromatic rings. The molecule has 2 aromatic carbocycles. The van der Waals surface area contributed by atoms with Crippen LogP contribution in [0.25, 0.3) is 17.2 Å². The van der Waals surface area contributed by atoms with Crippen molar-refractivity contribution in [2.24, 2.45) is 0 Å². The number of rotatable bonds is 2. The van der Waals surface area contributed by atoms with Crippen LogP contribution in [0.5, 0.6) is 0 Å². The molecule has 0 N–H and O–H groups in total. The first-order chi connectivity index (χ1) is 10.3. The summed E-state index contributed by atoms with van der Waals surface area (Å²) in [6.45, 7) is 0. The summed E-state index contributed by atoms with van der Waals surface area (Å²) in [5, 5.41) is 0.792. The third-order valence-electron chi connectivity index (χ3n) is 4.60. The summed E-state index contributed by atoms with van der Waals surface area (Å²) < 4.78 is 0. The fraction of sp³-hybridized carbons (Fsp3) is 0.263. The van der Waals surface area contributed by atoms with Crippen LogP contribution < -0.4 is 0 Å². The summed E-state index contributed by atoms with van der Waals surface area (Å²) >= 11 is 12.1. The molecule has 0 aliphatic heterocycles. The molecule has 0 aromatic heterocycles. The summed E-state index contributed by atoms with van der Waals surface area (Å²) in [6, 6.07) is 10.7. The van der Waals surface area contributed by atoms with E-state index in [1.807, 2.05) is 12.1 Å². The van der Waals surface area contributed by atoms with Crippen molar-refractivity contribution in [2.75, 3.05) is 5.88 Å². The molecular weight excluding hydrogens is 390 g/mol. The summed E-state index contributed by atoms with van der Waals surface area (Å²) in [5.74, 6) is 0.624. The van der Waals surface area contributed by atoms with E-state index >= 15 is 0 Å². The zero-order chi connectivity index (χ0) is 14.4. The number of halogens is 2. The normalized spacial score (nSPS) is 15.1. The Bertz CT molecular complexity index is 745. The number of hydrogen-bond donors (Lipinski definition) is 0. The largest absolute Gasteiger partial charge is 0.122 e. The Morgan fingerprint density at radius 3 is 2.50 bits per heavy atom. The average molecular weight is 406 g/mol. The monoisotopic (exact) mass is 404 g/mol. The van der Waals surface area contributed by atoms with Crippen LogP contribution in [-0.4, -0.2) is 5.88 Å². The topological polar surface area (TPSA) is 0 Å². The Morgan fingerprint density at radius 1 is 1.00 bits per heavy atom. The van der Waals surface area contributed by atoms with Gasteiger partial charge in [-0.3, -0.25) is 0 Å². The first-order valence-corrected chi connectivity index (χ1v) is 8.36. The first-order valence-electron chi connectivity index (χ1n) is 7.45. The van der Waals surface area contributed by atoms with Crippen LogP contribution in [0.2, 0.25) is 5.02 Å². The van der Waals surface area contributed by atoms with E-state index in [9.17, 15) is 0 Å². The molecule has 0 radical (unpaired) electrons. The zero-order valence-corrected chi connectivity index (χ0v) is 16.2. The van der Waals surface area contributed by atoms with Gasteiger partial charge in [0.1, 0.15) is 0 Å². The van der Waals surface area contributed by atoms with E-state index < -0.39 is 0 Å². The van der Waals surface area contributed by atoms with E-state index in [-0.39, 0.29) is 26.2 Å². The summed E-state index contributed by atoms with van der Waals surface area (Å²) in [6.07, 6.45) is 6.96. The molecule has 0 saturated heterocycles. The van der Waals surface area contributed by atoms with E-state index in [4.69, 9.17) is 23.2 Å². The fourth-order valence-electron chi connectivity index (χ4n) is 3.67. The maximum absolute atomic E-state index is 6.06. The van der Waals surface area contributed by atoms with Crippen LogP contribution in [0.4, 0.5) is 0 Å². The van der Waals surface area contributed by atoms with Gasteiger partial charge in [0, 0.05) is 37.1 Å². The van der Waals surface area contributed by atoms with Crippen LogP contribution in [0.15, 0.2) is 35.9 Å². The van der Waals surface area contributed by atoms with Crippen molar-refractivity contribution in [1.82, 2.24) is 0 Å². The van der Waals surface area contributed by atoms with Gasteiger partial charge in [0.05, 0.1) is 0 Å². The van der Waals surface area contributed by atoms with Crippen molar-refractivity contribution in [3.05, 3.63) is 63.2 Å². The molecule has 0 heterocycles. The zero-order valence-electron chi connectivity index (χ0n) is 12.3. The fourth-order valence-corrected chi connectivity index (χ4v) is 3.96. The molecule has 0 fully saturated rings. The molecule has 3 heteroatoms. The predicted octanol–water partition coefficient (Wildman–Crippen LogP) is 5.67. The minimum Gasteiger partial charge on any atom is -0.122 e. The third-order valence-corrected chi connectivity index (χ3v) is 5.19. The third kappa shape index (κ3) is 2.77. The van der Waals surface area contributed by atoms with Crippen molar-refractivity contribution in [3.63, 3.8) is 0 Å². The number of fused-ring (bicyclic) bond motifs is 2. The van der Waals surface area contributed by atoms with Crippen LogP contribution >= 0.6 is 23.2 Å². The van der Waals surface area contributed by atoms with Gasteiger partial charge in [0.25, 0.3) is 0 Å². The number of alkyl halides is 1. The SMILES string of the molecule is ClCC1=Cc2c(cc3c(c2-c2ccc(Cl)cc2)CCC3)C1.[Zr]. The number of benzene rings is 2. The van der Waals surface area contributed by atoms with Gasteiger partial charge in [0.2, 0.25) is 0 Å². The molecule has 22 heavy (non-hydrogen) atoms. The smallest absolute Gasteiger partial charge is 0.0440 e. The predicted molar refractivity (Wildman–Crippen MR) is 91.3 cm³/mol. The Kier molecular flexibility index (Phi) is 4.98. The van der Waals surface area contributed by atoms with Gasteiger partial charge in [-0.2, -0.15) is 0 Å². The van der Waals surface area contributed by atoms with Crippen LogP contribution in [0.1, 0.15) is 28.7 Å². The first kappa shape index (κ1) is 16.5. The molecule has 0 spiro atoms. The van der Waals surface area contributed by atoms with E-state index in [0.717, 1.165) is 11.4 Å². The van der Waals surface area contributed by atoms with E-state index in [1.165, 1.54) is 58.2 Å². The van der Waals surface area contributed by atoms with E-state index in [0.29, 0.717) is 5.88 Å². The summed E-state index contributed by atoms with van der Waals surface area (Å²) in [4.78, 5) is 0.